The number of piperidine rings is 1. The number of nitrogens with zero attached hydrogens (tertiary/aromatic N) is 2. The number of likely N-dealkylation sites (tertiary alicyclic amines) is 1. The van der Waals surface area contributed by atoms with E-state index in [-0.39, 0.29) is 10.8 Å². The third-order valence-corrected chi connectivity index (χ3v) is 6.53. The predicted molar refractivity (Wildman–Crippen MR) is 93.4 cm³/mol. The Kier molecular flexibility index (Phi) is 5.53. The van der Waals surface area contributed by atoms with Crippen LogP contribution in [-0.2, 0) is 14.8 Å². The van der Waals surface area contributed by atoms with E-state index in [9.17, 15) is 13.2 Å². The maximum Gasteiger partial charge on any atom is 0.243 e. The van der Waals surface area contributed by atoms with Gasteiger partial charge in [-0.15, -0.1) is 0 Å². The quantitative estimate of drug-likeness (QED) is 0.880. The number of rotatable bonds is 5. The molecule has 24 heavy (non-hydrogen) atoms. The van der Waals surface area contributed by atoms with Gasteiger partial charge in [-0.3, -0.25) is 9.69 Å². The van der Waals surface area contributed by atoms with Gasteiger partial charge in [0.15, 0.2) is 0 Å². The van der Waals surface area contributed by atoms with Crippen LogP contribution in [0.15, 0.2) is 29.2 Å². The van der Waals surface area contributed by atoms with Gasteiger partial charge >= 0.3 is 0 Å². The second-order valence-corrected chi connectivity index (χ2v) is 8.46. The van der Waals surface area contributed by atoms with E-state index in [1.807, 2.05) is 0 Å². The zero-order valence-corrected chi connectivity index (χ0v) is 14.7. The summed E-state index contributed by atoms with van der Waals surface area (Å²) < 4.78 is 27.0. The number of carbonyl (C=O) groups is 1. The largest absolute Gasteiger partial charge is 0.325 e. The van der Waals surface area contributed by atoms with Crippen LogP contribution >= 0.6 is 0 Å². The van der Waals surface area contributed by atoms with Gasteiger partial charge in [-0.1, -0.05) is 12.5 Å². The molecule has 1 N–H and O–H groups in total. The van der Waals surface area contributed by atoms with Gasteiger partial charge in [0.25, 0.3) is 0 Å². The molecule has 0 unspecified atom stereocenters. The molecule has 0 radical (unpaired) electrons. The van der Waals surface area contributed by atoms with Gasteiger partial charge < -0.3 is 5.32 Å². The van der Waals surface area contributed by atoms with E-state index in [0.29, 0.717) is 25.3 Å². The van der Waals surface area contributed by atoms with Crippen LogP contribution in [0.25, 0.3) is 0 Å². The molecular formula is C17H25N3O3S. The first-order valence-electron chi connectivity index (χ1n) is 8.68. The highest BCUT2D eigenvalue weighted by Crippen LogP contribution is 2.23. The highest BCUT2D eigenvalue weighted by molar-refractivity contribution is 7.89. The van der Waals surface area contributed by atoms with Crippen molar-refractivity contribution < 1.29 is 13.2 Å². The Morgan fingerprint density at radius 2 is 1.67 bits per heavy atom. The van der Waals surface area contributed by atoms with Gasteiger partial charge in [0.2, 0.25) is 15.9 Å². The van der Waals surface area contributed by atoms with Gasteiger partial charge in [-0.25, -0.2) is 8.42 Å². The third kappa shape index (κ3) is 4.15. The predicted octanol–water partition coefficient (Wildman–Crippen LogP) is 1.90. The summed E-state index contributed by atoms with van der Waals surface area (Å²) >= 11 is 0. The van der Waals surface area contributed by atoms with Crippen molar-refractivity contribution in [2.24, 2.45) is 0 Å². The molecule has 0 bridgehead atoms. The van der Waals surface area contributed by atoms with E-state index in [1.54, 1.807) is 28.6 Å². The lowest BCUT2D eigenvalue weighted by Gasteiger charge is -2.26. The molecule has 0 saturated carbocycles. The molecule has 0 spiro atoms. The minimum absolute atomic E-state index is 0.0931. The Labute approximate surface area is 143 Å². The van der Waals surface area contributed by atoms with Crippen molar-refractivity contribution in [2.45, 2.75) is 37.0 Å². The van der Waals surface area contributed by atoms with Crippen molar-refractivity contribution in [1.29, 1.82) is 0 Å². The Bertz CT molecular complexity index is 678. The maximum atomic E-state index is 12.7. The fourth-order valence-corrected chi connectivity index (χ4v) is 4.90. The molecule has 3 rings (SSSR count). The SMILES string of the molecule is O=C(CN1CCCC1)Nc1cccc(S(=O)(=O)N2CCCCC2)c1. The fraction of sp³-hybridized carbons (Fsp3) is 0.588. The van der Waals surface area contributed by atoms with E-state index < -0.39 is 10.0 Å². The maximum absolute atomic E-state index is 12.7. The lowest BCUT2D eigenvalue weighted by Crippen LogP contribution is -2.35. The van der Waals surface area contributed by atoms with Crippen LogP contribution < -0.4 is 5.32 Å². The normalized spacial score (nSPS) is 20.2. The monoisotopic (exact) mass is 351 g/mol. The molecule has 0 atom stereocenters. The molecule has 1 amide bonds. The molecule has 6 nitrogen and oxygen atoms in total. The molecule has 1 aromatic carbocycles. The topological polar surface area (TPSA) is 69.7 Å². The summed E-state index contributed by atoms with van der Waals surface area (Å²) in [5.41, 5.74) is 0.539. The standard InChI is InChI=1S/C17H25N3O3S/c21-17(14-19-9-4-5-10-19)18-15-7-6-8-16(13-15)24(22,23)20-11-2-1-3-12-20/h6-8,13H,1-5,9-12,14H2,(H,18,21). The van der Waals surface area contributed by atoms with Crippen LogP contribution in [0.5, 0.6) is 0 Å². The summed E-state index contributed by atoms with van der Waals surface area (Å²) in [7, 11) is -3.47. The van der Waals surface area contributed by atoms with Crippen LogP contribution in [0.4, 0.5) is 5.69 Å². The van der Waals surface area contributed by atoms with E-state index in [1.165, 1.54) is 0 Å². The highest BCUT2D eigenvalue weighted by Gasteiger charge is 2.26. The van der Waals surface area contributed by atoms with Gasteiger partial charge in [0.1, 0.15) is 0 Å². The Balaban J connectivity index is 1.67. The Morgan fingerprint density at radius 1 is 1.00 bits per heavy atom. The first kappa shape index (κ1) is 17.4. The number of anilines is 1. The zero-order chi connectivity index (χ0) is 17.0. The number of sulfonamides is 1. The summed E-state index contributed by atoms with van der Waals surface area (Å²) in [6, 6.07) is 6.57. The van der Waals surface area contributed by atoms with Crippen molar-refractivity contribution in [1.82, 2.24) is 9.21 Å². The number of carbonyl (C=O) groups excluding carboxylic acids is 1. The third-order valence-electron chi connectivity index (χ3n) is 4.64. The summed E-state index contributed by atoms with van der Waals surface area (Å²) in [4.78, 5) is 14.5. The molecule has 0 aliphatic carbocycles. The Morgan fingerprint density at radius 3 is 2.38 bits per heavy atom. The van der Waals surface area contributed by atoms with Gasteiger partial charge in [0.05, 0.1) is 11.4 Å². The van der Waals surface area contributed by atoms with Crippen LogP contribution in [0.1, 0.15) is 32.1 Å². The second-order valence-electron chi connectivity index (χ2n) is 6.52. The van der Waals surface area contributed by atoms with E-state index in [0.717, 1.165) is 45.2 Å². The molecular weight excluding hydrogens is 326 g/mol. The number of hydrogen-bond donors (Lipinski definition) is 1. The minimum atomic E-state index is -3.47. The second kappa shape index (κ2) is 7.63. The van der Waals surface area contributed by atoms with Crippen molar-refractivity contribution in [3.05, 3.63) is 24.3 Å². The zero-order valence-electron chi connectivity index (χ0n) is 13.9. The molecule has 2 heterocycles. The summed E-state index contributed by atoms with van der Waals surface area (Å²) in [5.74, 6) is -0.0931. The van der Waals surface area contributed by atoms with Gasteiger partial charge in [-0.2, -0.15) is 4.31 Å². The number of hydrogen-bond acceptors (Lipinski definition) is 4. The molecule has 0 aromatic heterocycles. The van der Waals surface area contributed by atoms with E-state index in [4.69, 9.17) is 0 Å². The molecule has 2 saturated heterocycles. The molecule has 7 heteroatoms. The van der Waals surface area contributed by atoms with Gasteiger partial charge in [-0.05, 0) is 57.0 Å². The lowest BCUT2D eigenvalue weighted by molar-refractivity contribution is -0.117. The van der Waals surface area contributed by atoms with Crippen LogP contribution in [-0.4, -0.2) is 56.3 Å². The number of nitrogens with one attached hydrogen (secondary N) is 1. The summed E-state index contributed by atoms with van der Waals surface area (Å²) in [5, 5.41) is 2.82. The molecule has 2 aliphatic heterocycles. The Hall–Kier alpha value is -1.44. The summed E-state index contributed by atoms with van der Waals surface area (Å²) in [6.45, 7) is 3.43. The van der Waals surface area contributed by atoms with Crippen LogP contribution in [0.3, 0.4) is 0 Å². The minimum Gasteiger partial charge on any atom is -0.325 e. The molecule has 132 valence electrons. The molecule has 2 fully saturated rings. The van der Waals surface area contributed by atoms with Crippen molar-refractivity contribution in [2.75, 3.05) is 38.0 Å². The first-order chi connectivity index (χ1) is 11.6. The summed E-state index contributed by atoms with van der Waals surface area (Å²) in [6.07, 6.45) is 5.17. The van der Waals surface area contributed by atoms with Crippen molar-refractivity contribution in [3.8, 4) is 0 Å². The highest BCUT2D eigenvalue weighted by atomic mass is 32.2. The smallest absolute Gasteiger partial charge is 0.243 e. The average Bonchev–Trinajstić information content (AvgIpc) is 3.08. The van der Waals surface area contributed by atoms with Crippen molar-refractivity contribution in [3.63, 3.8) is 0 Å². The first-order valence-corrected chi connectivity index (χ1v) is 10.1. The lowest BCUT2D eigenvalue weighted by atomic mass is 10.2. The van der Waals surface area contributed by atoms with Crippen molar-refractivity contribution >= 4 is 21.6 Å². The molecule has 2 aliphatic rings. The number of amides is 1. The van der Waals surface area contributed by atoms with Gasteiger partial charge in [0, 0.05) is 18.8 Å². The van der Waals surface area contributed by atoms with E-state index in [2.05, 4.69) is 10.2 Å². The average molecular weight is 351 g/mol. The number of benzene rings is 1. The van der Waals surface area contributed by atoms with Crippen LogP contribution in [0, 0.1) is 0 Å². The van der Waals surface area contributed by atoms with Crippen LogP contribution in [0.2, 0.25) is 0 Å². The fourth-order valence-electron chi connectivity index (χ4n) is 3.33. The molecule has 1 aromatic rings. The van der Waals surface area contributed by atoms with E-state index >= 15 is 0 Å².